The molecule has 0 unspecified atom stereocenters. The molecule has 0 radical (unpaired) electrons. The molecule has 2 N–H and O–H groups in total. The number of benzene rings is 1. The Bertz CT molecular complexity index is 575. The number of aryl methyl sites for hydroxylation is 1. The van der Waals surface area contributed by atoms with Crippen LogP contribution in [0.2, 0.25) is 0 Å². The van der Waals surface area contributed by atoms with Gasteiger partial charge in [0, 0.05) is 6.07 Å². The number of nitrogens with zero attached hydrogens (tertiary/aromatic N) is 1. The summed E-state index contributed by atoms with van der Waals surface area (Å²) >= 11 is 0. The lowest BCUT2D eigenvalue weighted by Crippen LogP contribution is -2.05. The maximum atomic E-state index is 5.64. The van der Waals surface area contributed by atoms with Crippen molar-refractivity contribution < 1.29 is 9.26 Å². The topological polar surface area (TPSA) is 61.3 Å². The molecular formula is C14H16N2O2. The Labute approximate surface area is 106 Å². The first-order valence-corrected chi connectivity index (χ1v) is 6.21. The van der Waals surface area contributed by atoms with E-state index < -0.39 is 0 Å². The zero-order chi connectivity index (χ0) is 12.5. The molecule has 1 aliphatic carbocycles. The summed E-state index contributed by atoms with van der Waals surface area (Å²) in [6.45, 7) is 0. The van der Waals surface area contributed by atoms with E-state index in [9.17, 15) is 0 Å². The van der Waals surface area contributed by atoms with Crippen LogP contribution in [0.5, 0.6) is 5.75 Å². The summed E-state index contributed by atoms with van der Waals surface area (Å²) in [5, 5.41) is 3.76. The van der Waals surface area contributed by atoms with Gasteiger partial charge in [-0.2, -0.15) is 0 Å². The summed E-state index contributed by atoms with van der Waals surface area (Å²) in [6, 6.07) is 5.90. The van der Waals surface area contributed by atoms with Crippen LogP contribution in [0.3, 0.4) is 0 Å². The Hall–Kier alpha value is -1.97. The average molecular weight is 244 g/mol. The van der Waals surface area contributed by atoms with E-state index in [2.05, 4.69) is 11.2 Å². The fourth-order valence-corrected chi connectivity index (χ4v) is 2.65. The standard InChI is InChI=1S/C14H16N2O2/c1-17-11-7-6-9-4-2-3-5-10(9)14(11)12-8-13(15)16-18-12/h6-8H,2-5H2,1H3,(H2,15,16). The molecule has 0 saturated carbocycles. The van der Waals surface area contributed by atoms with E-state index in [-0.39, 0.29) is 0 Å². The number of fused-ring (bicyclic) bond motifs is 1. The fraction of sp³-hybridized carbons (Fsp3) is 0.357. The van der Waals surface area contributed by atoms with E-state index in [1.165, 1.54) is 24.0 Å². The molecule has 1 aromatic carbocycles. The van der Waals surface area contributed by atoms with Crippen LogP contribution in [0.4, 0.5) is 5.82 Å². The van der Waals surface area contributed by atoms with Crippen molar-refractivity contribution in [3.63, 3.8) is 0 Å². The number of aromatic nitrogens is 1. The van der Waals surface area contributed by atoms with Crippen molar-refractivity contribution >= 4 is 5.82 Å². The first kappa shape index (κ1) is 11.1. The number of hydrogen-bond acceptors (Lipinski definition) is 4. The van der Waals surface area contributed by atoms with Gasteiger partial charge in [0.1, 0.15) is 5.75 Å². The van der Waals surface area contributed by atoms with Gasteiger partial charge in [-0.05, 0) is 42.9 Å². The highest BCUT2D eigenvalue weighted by Gasteiger charge is 2.21. The van der Waals surface area contributed by atoms with Crippen LogP contribution in [0.25, 0.3) is 11.3 Å². The normalized spacial score (nSPS) is 14.3. The predicted octanol–water partition coefficient (Wildman–Crippen LogP) is 2.81. The molecule has 0 fully saturated rings. The van der Waals surface area contributed by atoms with Crippen LogP contribution >= 0.6 is 0 Å². The summed E-state index contributed by atoms with van der Waals surface area (Å²) in [5.41, 5.74) is 9.35. The van der Waals surface area contributed by atoms with Crippen molar-refractivity contribution in [3.05, 3.63) is 29.3 Å². The molecule has 4 heteroatoms. The van der Waals surface area contributed by atoms with E-state index in [4.69, 9.17) is 15.0 Å². The molecule has 1 aliphatic rings. The van der Waals surface area contributed by atoms with Crippen LogP contribution in [-0.2, 0) is 12.8 Å². The Morgan fingerprint density at radius 3 is 2.83 bits per heavy atom. The molecule has 18 heavy (non-hydrogen) atoms. The van der Waals surface area contributed by atoms with E-state index in [0.717, 1.165) is 24.2 Å². The fourth-order valence-electron chi connectivity index (χ4n) is 2.65. The van der Waals surface area contributed by atoms with Gasteiger partial charge in [0.05, 0.1) is 12.7 Å². The van der Waals surface area contributed by atoms with Gasteiger partial charge in [-0.15, -0.1) is 0 Å². The van der Waals surface area contributed by atoms with Crippen molar-refractivity contribution in [1.82, 2.24) is 5.16 Å². The summed E-state index contributed by atoms with van der Waals surface area (Å²) < 4.78 is 10.8. The highest BCUT2D eigenvalue weighted by Crippen LogP contribution is 2.39. The monoisotopic (exact) mass is 244 g/mol. The number of nitrogens with two attached hydrogens (primary N) is 1. The number of rotatable bonds is 2. The van der Waals surface area contributed by atoms with Gasteiger partial charge < -0.3 is 15.0 Å². The lowest BCUT2D eigenvalue weighted by atomic mass is 9.87. The lowest BCUT2D eigenvalue weighted by molar-refractivity contribution is 0.405. The third-order valence-electron chi connectivity index (χ3n) is 3.49. The summed E-state index contributed by atoms with van der Waals surface area (Å²) in [6.07, 6.45) is 4.63. The minimum atomic E-state index is 0.403. The molecular weight excluding hydrogens is 228 g/mol. The van der Waals surface area contributed by atoms with Gasteiger partial charge in [0.15, 0.2) is 11.6 Å². The number of methoxy groups -OCH3 is 1. The second kappa shape index (κ2) is 4.37. The molecule has 0 bridgehead atoms. The molecule has 94 valence electrons. The number of nitrogen functional groups attached to an aromatic ring is 1. The molecule has 0 aliphatic heterocycles. The van der Waals surface area contributed by atoms with Gasteiger partial charge in [-0.1, -0.05) is 11.2 Å². The Balaban J connectivity index is 2.21. The third-order valence-corrected chi connectivity index (χ3v) is 3.49. The number of anilines is 1. The molecule has 1 heterocycles. The summed E-state index contributed by atoms with van der Waals surface area (Å²) in [5.74, 6) is 1.93. The number of ether oxygens (including phenoxy) is 1. The van der Waals surface area contributed by atoms with Crippen molar-refractivity contribution in [2.24, 2.45) is 0 Å². The third kappa shape index (κ3) is 1.74. The van der Waals surface area contributed by atoms with Gasteiger partial charge in [-0.3, -0.25) is 0 Å². The van der Waals surface area contributed by atoms with Crippen molar-refractivity contribution in [2.75, 3.05) is 12.8 Å². The molecule has 0 atom stereocenters. The predicted molar refractivity (Wildman–Crippen MR) is 69.5 cm³/mol. The second-order valence-electron chi connectivity index (χ2n) is 4.60. The maximum absolute atomic E-state index is 5.64. The van der Waals surface area contributed by atoms with Crippen molar-refractivity contribution in [3.8, 4) is 17.1 Å². The zero-order valence-electron chi connectivity index (χ0n) is 10.4. The Morgan fingerprint density at radius 2 is 2.11 bits per heavy atom. The molecule has 0 saturated heterocycles. The molecule has 1 aromatic heterocycles. The summed E-state index contributed by atoms with van der Waals surface area (Å²) in [4.78, 5) is 0. The number of hydrogen-bond donors (Lipinski definition) is 1. The summed E-state index contributed by atoms with van der Waals surface area (Å²) in [7, 11) is 1.67. The first-order chi connectivity index (χ1) is 8.79. The van der Waals surface area contributed by atoms with Crippen LogP contribution in [-0.4, -0.2) is 12.3 Å². The zero-order valence-corrected chi connectivity index (χ0v) is 10.4. The Morgan fingerprint density at radius 1 is 1.28 bits per heavy atom. The minimum absolute atomic E-state index is 0.403. The quantitative estimate of drug-likeness (QED) is 0.882. The van der Waals surface area contributed by atoms with Gasteiger partial charge >= 0.3 is 0 Å². The van der Waals surface area contributed by atoms with Gasteiger partial charge in [0.25, 0.3) is 0 Å². The Kier molecular flexibility index (Phi) is 2.70. The van der Waals surface area contributed by atoms with Crippen LogP contribution in [0.1, 0.15) is 24.0 Å². The van der Waals surface area contributed by atoms with Gasteiger partial charge in [-0.25, -0.2) is 0 Å². The molecule has 0 amide bonds. The highest BCUT2D eigenvalue weighted by molar-refractivity contribution is 5.73. The van der Waals surface area contributed by atoms with Crippen molar-refractivity contribution in [2.45, 2.75) is 25.7 Å². The van der Waals surface area contributed by atoms with Crippen LogP contribution < -0.4 is 10.5 Å². The lowest BCUT2D eigenvalue weighted by Gasteiger charge is -2.20. The smallest absolute Gasteiger partial charge is 0.173 e. The first-order valence-electron chi connectivity index (χ1n) is 6.21. The molecule has 0 spiro atoms. The molecule has 4 nitrogen and oxygen atoms in total. The molecule has 2 aromatic rings. The van der Waals surface area contributed by atoms with E-state index in [0.29, 0.717) is 11.6 Å². The van der Waals surface area contributed by atoms with E-state index >= 15 is 0 Å². The largest absolute Gasteiger partial charge is 0.496 e. The van der Waals surface area contributed by atoms with E-state index in [1.54, 1.807) is 13.2 Å². The SMILES string of the molecule is COc1ccc2c(c1-c1cc(N)no1)CCCC2. The average Bonchev–Trinajstić information content (AvgIpc) is 2.83. The van der Waals surface area contributed by atoms with E-state index in [1.807, 2.05) is 6.07 Å². The van der Waals surface area contributed by atoms with Crippen LogP contribution in [0.15, 0.2) is 22.7 Å². The van der Waals surface area contributed by atoms with Gasteiger partial charge in [0.2, 0.25) is 0 Å². The van der Waals surface area contributed by atoms with Crippen LogP contribution in [0, 0.1) is 0 Å². The molecule has 3 rings (SSSR count). The van der Waals surface area contributed by atoms with Crippen molar-refractivity contribution in [1.29, 1.82) is 0 Å². The second-order valence-corrected chi connectivity index (χ2v) is 4.60. The maximum Gasteiger partial charge on any atom is 0.173 e. The minimum Gasteiger partial charge on any atom is -0.496 e. The highest BCUT2D eigenvalue weighted by atomic mass is 16.5.